The van der Waals surface area contributed by atoms with Crippen molar-refractivity contribution < 1.29 is 9.53 Å². The van der Waals surface area contributed by atoms with Gasteiger partial charge in [0.15, 0.2) is 6.61 Å². The quantitative estimate of drug-likeness (QED) is 0.494. The van der Waals surface area contributed by atoms with Crippen LogP contribution in [0.25, 0.3) is 0 Å². The third-order valence-electron chi connectivity index (χ3n) is 6.22. The highest BCUT2D eigenvalue weighted by molar-refractivity contribution is 5.77. The van der Waals surface area contributed by atoms with Crippen LogP contribution in [0.3, 0.4) is 0 Å². The van der Waals surface area contributed by atoms with Gasteiger partial charge in [0.1, 0.15) is 5.75 Å². The number of amides is 1. The standard InChI is InChI=1S/C31H47NO2/c1-28(2,3)22-13-21(14-23(15-22)29(4,5)6)19-32-27(33)20-34-26-17-24(30(7,8)9)16-25(18-26)31(10,11)12/h13-18H,19-20H2,1-12H3,(H,32,33). The van der Waals surface area contributed by atoms with Crippen molar-refractivity contribution in [3.63, 3.8) is 0 Å². The Morgan fingerprint density at radius 2 is 0.971 bits per heavy atom. The minimum absolute atomic E-state index is 0.00225. The van der Waals surface area contributed by atoms with Crippen molar-refractivity contribution in [3.05, 3.63) is 64.2 Å². The minimum Gasteiger partial charge on any atom is -0.484 e. The summed E-state index contributed by atoms with van der Waals surface area (Å²) in [7, 11) is 0. The molecule has 0 saturated carbocycles. The first kappa shape index (κ1) is 28.0. The van der Waals surface area contributed by atoms with Crippen LogP contribution in [0.2, 0.25) is 0 Å². The molecule has 0 unspecified atom stereocenters. The highest BCUT2D eigenvalue weighted by Gasteiger charge is 2.22. The summed E-state index contributed by atoms with van der Waals surface area (Å²) >= 11 is 0. The minimum atomic E-state index is -0.114. The van der Waals surface area contributed by atoms with E-state index in [-0.39, 0.29) is 34.2 Å². The van der Waals surface area contributed by atoms with Gasteiger partial charge >= 0.3 is 0 Å². The van der Waals surface area contributed by atoms with E-state index in [2.05, 4.69) is 125 Å². The van der Waals surface area contributed by atoms with Crippen molar-refractivity contribution in [2.75, 3.05) is 6.61 Å². The summed E-state index contributed by atoms with van der Waals surface area (Å²) in [5.41, 5.74) is 6.22. The molecule has 1 N–H and O–H groups in total. The molecular weight excluding hydrogens is 418 g/mol. The van der Waals surface area contributed by atoms with Gasteiger partial charge in [-0.05, 0) is 61.6 Å². The van der Waals surface area contributed by atoms with Crippen LogP contribution in [0.1, 0.15) is 111 Å². The molecule has 0 aromatic heterocycles. The van der Waals surface area contributed by atoms with E-state index in [4.69, 9.17) is 4.74 Å². The molecular formula is C31H47NO2. The number of benzene rings is 2. The third kappa shape index (κ3) is 7.89. The van der Waals surface area contributed by atoms with Crippen molar-refractivity contribution in [2.45, 2.75) is 111 Å². The Morgan fingerprint density at radius 1 is 0.618 bits per heavy atom. The summed E-state index contributed by atoms with van der Waals surface area (Å²) in [6.07, 6.45) is 0. The molecule has 3 heteroatoms. The maximum Gasteiger partial charge on any atom is 0.258 e. The summed E-state index contributed by atoms with van der Waals surface area (Å²) in [5.74, 6) is 0.634. The maximum absolute atomic E-state index is 12.7. The van der Waals surface area contributed by atoms with Crippen molar-refractivity contribution >= 4 is 5.91 Å². The fraction of sp³-hybridized carbons (Fsp3) is 0.581. The maximum atomic E-state index is 12.7. The number of carbonyl (C=O) groups excluding carboxylic acids is 1. The summed E-state index contributed by atoms with van der Waals surface area (Å²) in [4.78, 5) is 12.7. The van der Waals surface area contributed by atoms with Crippen molar-refractivity contribution in [1.29, 1.82) is 0 Å². The van der Waals surface area contributed by atoms with Gasteiger partial charge in [0.05, 0.1) is 0 Å². The summed E-state index contributed by atoms with van der Waals surface area (Å²) < 4.78 is 5.97. The highest BCUT2D eigenvalue weighted by atomic mass is 16.5. The number of hydrogen-bond acceptors (Lipinski definition) is 2. The Hall–Kier alpha value is -2.29. The molecule has 34 heavy (non-hydrogen) atoms. The first-order chi connectivity index (χ1) is 15.3. The molecule has 3 nitrogen and oxygen atoms in total. The molecule has 2 aromatic carbocycles. The van der Waals surface area contributed by atoms with Crippen molar-refractivity contribution in [1.82, 2.24) is 5.32 Å². The highest BCUT2D eigenvalue weighted by Crippen LogP contribution is 2.33. The Labute approximate surface area is 208 Å². The largest absolute Gasteiger partial charge is 0.484 e. The van der Waals surface area contributed by atoms with Crippen molar-refractivity contribution in [2.24, 2.45) is 0 Å². The van der Waals surface area contributed by atoms with Crippen LogP contribution >= 0.6 is 0 Å². The normalized spacial score (nSPS) is 13.1. The average Bonchev–Trinajstić information content (AvgIpc) is 2.67. The number of nitrogens with one attached hydrogen (secondary N) is 1. The molecule has 0 aliphatic rings. The second-order valence-electron chi connectivity index (χ2n) is 13.7. The van der Waals surface area contributed by atoms with E-state index in [1.165, 1.54) is 22.3 Å². The molecule has 0 aliphatic carbocycles. The van der Waals surface area contributed by atoms with Gasteiger partial charge in [0.25, 0.3) is 5.91 Å². The predicted molar refractivity (Wildman–Crippen MR) is 145 cm³/mol. The van der Waals surface area contributed by atoms with E-state index in [1.54, 1.807) is 0 Å². The molecule has 0 bridgehead atoms. The van der Waals surface area contributed by atoms with Gasteiger partial charge in [-0.1, -0.05) is 107 Å². The zero-order valence-corrected chi connectivity index (χ0v) is 23.7. The van der Waals surface area contributed by atoms with E-state index in [9.17, 15) is 4.79 Å². The molecule has 1 amide bonds. The monoisotopic (exact) mass is 465 g/mol. The average molecular weight is 466 g/mol. The van der Waals surface area contributed by atoms with E-state index < -0.39 is 0 Å². The predicted octanol–water partition coefficient (Wildman–Crippen LogP) is 7.57. The van der Waals surface area contributed by atoms with Crippen LogP contribution in [0.15, 0.2) is 36.4 Å². The fourth-order valence-electron chi connectivity index (χ4n) is 3.61. The lowest BCUT2D eigenvalue weighted by atomic mass is 9.79. The molecule has 0 heterocycles. The molecule has 0 spiro atoms. The van der Waals surface area contributed by atoms with Crippen LogP contribution in [-0.2, 0) is 33.0 Å². The van der Waals surface area contributed by atoms with Crippen LogP contribution < -0.4 is 10.1 Å². The van der Waals surface area contributed by atoms with Crippen LogP contribution in [-0.4, -0.2) is 12.5 Å². The van der Waals surface area contributed by atoms with E-state index in [0.29, 0.717) is 6.54 Å². The lowest BCUT2D eigenvalue weighted by Gasteiger charge is -2.26. The lowest BCUT2D eigenvalue weighted by Crippen LogP contribution is -2.29. The first-order valence-corrected chi connectivity index (χ1v) is 12.5. The number of rotatable bonds is 5. The Bertz CT molecular complexity index is 860. The second-order valence-corrected chi connectivity index (χ2v) is 13.7. The molecule has 2 rings (SSSR count). The summed E-state index contributed by atoms with van der Waals surface area (Å²) in [6.45, 7) is 27.0. The zero-order valence-electron chi connectivity index (χ0n) is 23.7. The van der Waals surface area contributed by atoms with Gasteiger partial charge in [0, 0.05) is 6.54 Å². The molecule has 0 aliphatic heterocycles. The molecule has 0 radical (unpaired) electrons. The van der Waals surface area contributed by atoms with Gasteiger partial charge < -0.3 is 10.1 Å². The molecule has 0 fully saturated rings. The topological polar surface area (TPSA) is 38.3 Å². The van der Waals surface area contributed by atoms with Gasteiger partial charge in [0.2, 0.25) is 0 Å². The Balaban J connectivity index is 2.15. The van der Waals surface area contributed by atoms with Crippen molar-refractivity contribution in [3.8, 4) is 5.75 Å². The first-order valence-electron chi connectivity index (χ1n) is 12.5. The third-order valence-corrected chi connectivity index (χ3v) is 6.22. The second kappa shape index (κ2) is 9.76. The SMILES string of the molecule is CC(C)(C)c1cc(CNC(=O)COc2cc(C(C)(C)C)cc(C(C)(C)C)c2)cc(C(C)(C)C)c1. The Kier molecular flexibility index (Phi) is 8.02. The Morgan fingerprint density at radius 3 is 1.32 bits per heavy atom. The molecule has 188 valence electrons. The smallest absolute Gasteiger partial charge is 0.258 e. The van der Waals surface area contributed by atoms with Crippen LogP contribution in [0.5, 0.6) is 5.75 Å². The molecule has 2 aromatic rings. The van der Waals surface area contributed by atoms with Gasteiger partial charge in [-0.2, -0.15) is 0 Å². The van der Waals surface area contributed by atoms with Gasteiger partial charge in [-0.15, -0.1) is 0 Å². The lowest BCUT2D eigenvalue weighted by molar-refractivity contribution is -0.123. The van der Waals surface area contributed by atoms with Gasteiger partial charge in [-0.3, -0.25) is 4.79 Å². The zero-order chi connectivity index (χ0) is 26.1. The number of hydrogen-bond donors (Lipinski definition) is 1. The van der Waals surface area contributed by atoms with E-state index in [1.807, 2.05) is 0 Å². The fourth-order valence-corrected chi connectivity index (χ4v) is 3.61. The summed E-state index contributed by atoms with van der Waals surface area (Å²) in [6, 6.07) is 13.1. The van der Waals surface area contributed by atoms with E-state index >= 15 is 0 Å². The van der Waals surface area contributed by atoms with Crippen LogP contribution in [0, 0.1) is 0 Å². The number of ether oxygens (including phenoxy) is 1. The molecule has 0 atom stereocenters. The van der Waals surface area contributed by atoms with E-state index in [0.717, 1.165) is 11.3 Å². The summed E-state index contributed by atoms with van der Waals surface area (Å²) in [5, 5.41) is 3.05. The van der Waals surface area contributed by atoms with Crippen LogP contribution in [0.4, 0.5) is 0 Å². The number of carbonyl (C=O) groups is 1. The van der Waals surface area contributed by atoms with Gasteiger partial charge in [-0.25, -0.2) is 0 Å². The molecule has 0 saturated heterocycles.